The Labute approximate surface area is 119 Å². The van der Waals surface area contributed by atoms with Crippen molar-refractivity contribution in [1.29, 1.82) is 0 Å². The van der Waals surface area contributed by atoms with Crippen LogP contribution in [0.3, 0.4) is 0 Å². The highest BCUT2D eigenvalue weighted by molar-refractivity contribution is 9.10. The van der Waals surface area contributed by atoms with Crippen molar-refractivity contribution in [3.8, 4) is 23.0 Å². The number of halogens is 1. The standard InChI is InChI=1S/C14H12BrNO3/c15-9-2-1-3-10(6-9)19-12-8-14-13(7-11(12)16)17-4-5-18-14/h1-3,6-8H,4-5,16H2. The first kappa shape index (κ1) is 12.2. The van der Waals surface area contributed by atoms with E-state index in [2.05, 4.69) is 15.9 Å². The monoisotopic (exact) mass is 321 g/mol. The molecular formula is C14H12BrNO3. The second-order valence-corrected chi connectivity index (χ2v) is 5.01. The molecule has 1 aliphatic rings. The topological polar surface area (TPSA) is 53.7 Å². The maximum Gasteiger partial charge on any atom is 0.165 e. The van der Waals surface area contributed by atoms with Crippen LogP contribution in [0.1, 0.15) is 0 Å². The lowest BCUT2D eigenvalue weighted by atomic mass is 10.2. The molecule has 0 bridgehead atoms. The molecule has 2 N–H and O–H groups in total. The van der Waals surface area contributed by atoms with E-state index in [9.17, 15) is 0 Å². The Morgan fingerprint density at radius 1 is 1.05 bits per heavy atom. The quantitative estimate of drug-likeness (QED) is 0.859. The fourth-order valence-electron chi connectivity index (χ4n) is 1.83. The molecule has 2 aromatic carbocycles. The predicted molar refractivity (Wildman–Crippen MR) is 76.1 cm³/mol. The van der Waals surface area contributed by atoms with E-state index in [0.29, 0.717) is 41.9 Å². The van der Waals surface area contributed by atoms with Crippen LogP contribution in [0.2, 0.25) is 0 Å². The van der Waals surface area contributed by atoms with E-state index < -0.39 is 0 Å². The fraction of sp³-hybridized carbons (Fsp3) is 0.143. The first-order valence-electron chi connectivity index (χ1n) is 5.85. The lowest BCUT2D eigenvalue weighted by molar-refractivity contribution is 0.171. The van der Waals surface area contributed by atoms with Gasteiger partial charge in [0.25, 0.3) is 0 Å². The Balaban J connectivity index is 1.92. The van der Waals surface area contributed by atoms with Gasteiger partial charge in [0.2, 0.25) is 0 Å². The second kappa shape index (κ2) is 5.01. The average Bonchev–Trinajstić information content (AvgIpc) is 2.40. The highest BCUT2D eigenvalue weighted by Gasteiger charge is 2.15. The van der Waals surface area contributed by atoms with Gasteiger partial charge in [0, 0.05) is 16.6 Å². The molecule has 1 aliphatic heterocycles. The van der Waals surface area contributed by atoms with Crippen molar-refractivity contribution in [3.63, 3.8) is 0 Å². The average molecular weight is 322 g/mol. The van der Waals surface area contributed by atoms with Crippen LogP contribution in [-0.2, 0) is 0 Å². The molecule has 1 heterocycles. The maximum atomic E-state index is 5.96. The molecule has 0 radical (unpaired) electrons. The van der Waals surface area contributed by atoms with Crippen LogP contribution in [0.15, 0.2) is 40.9 Å². The SMILES string of the molecule is Nc1cc2c(cc1Oc1cccc(Br)c1)OCCO2. The van der Waals surface area contributed by atoms with Gasteiger partial charge in [-0.25, -0.2) is 0 Å². The minimum atomic E-state index is 0.518. The van der Waals surface area contributed by atoms with Gasteiger partial charge in [0.1, 0.15) is 19.0 Å². The van der Waals surface area contributed by atoms with Crippen molar-refractivity contribution in [2.75, 3.05) is 18.9 Å². The van der Waals surface area contributed by atoms with Gasteiger partial charge < -0.3 is 19.9 Å². The molecule has 0 aromatic heterocycles. The summed E-state index contributed by atoms with van der Waals surface area (Å²) in [5.41, 5.74) is 6.48. The van der Waals surface area contributed by atoms with Gasteiger partial charge in [-0.15, -0.1) is 0 Å². The summed E-state index contributed by atoms with van der Waals surface area (Å²) < 4.78 is 17.7. The summed E-state index contributed by atoms with van der Waals surface area (Å²) in [4.78, 5) is 0. The first-order chi connectivity index (χ1) is 9.22. The number of benzene rings is 2. The number of ether oxygens (including phenoxy) is 3. The normalized spacial score (nSPS) is 13.1. The zero-order chi connectivity index (χ0) is 13.2. The van der Waals surface area contributed by atoms with Crippen molar-refractivity contribution in [1.82, 2.24) is 0 Å². The van der Waals surface area contributed by atoms with Gasteiger partial charge in [0.05, 0.1) is 5.69 Å². The van der Waals surface area contributed by atoms with Crippen LogP contribution in [-0.4, -0.2) is 13.2 Å². The summed E-state index contributed by atoms with van der Waals surface area (Å²) in [6.45, 7) is 1.07. The van der Waals surface area contributed by atoms with Gasteiger partial charge in [0.15, 0.2) is 17.2 Å². The molecule has 5 heteroatoms. The van der Waals surface area contributed by atoms with Gasteiger partial charge in [-0.3, -0.25) is 0 Å². The van der Waals surface area contributed by atoms with E-state index in [1.807, 2.05) is 24.3 Å². The van der Waals surface area contributed by atoms with E-state index in [-0.39, 0.29) is 0 Å². The van der Waals surface area contributed by atoms with Crippen LogP contribution in [0.4, 0.5) is 5.69 Å². The molecule has 0 aliphatic carbocycles. The molecule has 0 saturated heterocycles. The Morgan fingerprint density at radius 2 is 1.79 bits per heavy atom. The van der Waals surface area contributed by atoms with E-state index in [1.165, 1.54) is 0 Å². The number of nitrogen functional groups attached to an aromatic ring is 1. The molecule has 0 saturated carbocycles. The van der Waals surface area contributed by atoms with Gasteiger partial charge in [-0.2, -0.15) is 0 Å². The Hall–Kier alpha value is -1.88. The van der Waals surface area contributed by atoms with E-state index in [0.717, 1.165) is 4.47 Å². The minimum Gasteiger partial charge on any atom is -0.486 e. The molecule has 19 heavy (non-hydrogen) atoms. The lowest BCUT2D eigenvalue weighted by Gasteiger charge is -2.20. The molecule has 0 atom stereocenters. The summed E-state index contributed by atoms with van der Waals surface area (Å²) >= 11 is 3.40. The van der Waals surface area contributed by atoms with Crippen molar-refractivity contribution in [3.05, 3.63) is 40.9 Å². The van der Waals surface area contributed by atoms with Crippen molar-refractivity contribution in [2.24, 2.45) is 0 Å². The molecule has 0 unspecified atom stereocenters. The Bertz CT molecular complexity index is 616. The van der Waals surface area contributed by atoms with E-state index >= 15 is 0 Å². The Kier molecular flexibility index (Phi) is 3.21. The number of hydrogen-bond donors (Lipinski definition) is 1. The highest BCUT2D eigenvalue weighted by atomic mass is 79.9. The molecule has 0 amide bonds. The predicted octanol–water partition coefficient (Wildman–Crippen LogP) is 3.59. The summed E-state index contributed by atoms with van der Waals surface area (Å²) in [6.07, 6.45) is 0. The number of rotatable bonds is 2. The van der Waals surface area contributed by atoms with Gasteiger partial charge >= 0.3 is 0 Å². The molecule has 0 fully saturated rings. The minimum absolute atomic E-state index is 0.518. The lowest BCUT2D eigenvalue weighted by Crippen LogP contribution is -2.15. The first-order valence-corrected chi connectivity index (χ1v) is 6.64. The Morgan fingerprint density at radius 3 is 2.53 bits per heavy atom. The summed E-state index contributed by atoms with van der Waals surface area (Å²) in [5, 5.41) is 0. The van der Waals surface area contributed by atoms with Crippen LogP contribution in [0, 0.1) is 0 Å². The third-order valence-corrected chi connectivity index (χ3v) is 3.19. The third kappa shape index (κ3) is 2.61. The number of fused-ring (bicyclic) bond motifs is 1. The van der Waals surface area contributed by atoms with Crippen molar-refractivity contribution >= 4 is 21.6 Å². The smallest absolute Gasteiger partial charge is 0.165 e. The number of hydrogen-bond acceptors (Lipinski definition) is 4. The van der Waals surface area contributed by atoms with Crippen LogP contribution < -0.4 is 19.9 Å². The molecule has 98 valence electrons. The number of anilines is 1. The van der Waals surface area contributed by atoms with Crippen LogP contribution >= 0.6 is 15.9 Å². The second-order valence-electron chi connectivity index (χ2n) is 4.09. The highest BCUT2D eigenvalue weighted by Crippen LogP contribution is 2.40. The molecular weight excluding hydrogens is 310 g/mol. The summed E-state index contributed by atoms with van der Waals surface area (Å²) in [5.74, 6) is 2.58. The largest absolute Gasteiger partial charge is 0.486 e. The van der Waals surface area contributed by atoms with E-state index in [4.69, 9.17) is 19.9 Å². The van der Waals surface area contributed by atoms with Crippen LogP contribution in [0.5, 0.6) is 23.0 Å². The van der Waals surface area contributed by atoms with Crippen LogP contribution in [0.25, 0.3) is 0 Å². The summed E-state index contributed by atoms with van der Waals surface area (Å²) in [7, 11) is 0. The molecule has 0 spiro atoms. The zero-order valence-corrected chi connectivity index (χ0v) is 11.6. The van der Waals surface area contributed by atoms with Crippen molar-refractivity contribution < 1.29 is 14.2 Å². The summed E-state index contributed by atoms with van der Waals surface area (Å²) in [6, 6.07) is 11.0. The maximum absolute atomic E-state index is 5.96. The zero-order valence-electron chi connectivity index (χ0n) is 10.1. The fourth-order valence-corrected chi connectivity index (χ4v) is 2.21. The third-order valence-electron chi connectivity index (χ3n) is 2.70. The number of nitrogens with two attached hydrogens (primary N) is 1. The molecule has 4 nitrogen and oxygen atoms in total. The molecule has 3 rings (SSSR count). The van der Waals surface area contributed by atoms with E-state index in [1.54, 1.807) is 12.1 Å². The van der Waals surface area contributed by atoms with Gasteiger partial charge in [-0.1, -0.05) is 22.0 Å². The van der Waals surface area contributed by atoms with Gasteiger partial charge in [-0.05, 0) is 18.2 Å². The van der Waals surface area contributed by atoms with Crippen molar-refractivity contribution in [2.45, 2.75) is 0 Å². The molecule has 2 aromatic rings.